The number of phosphoric ester groups is 1. The van der Waals surface area contributed by atoms with E-state index in [4.69, 9.17) is 9.78 Å². The average Bonchev–Trinajstić information content (AvgIpc) is 2.47. The Kier molecular flexibility index (Phi) is 13.8. The molecule has 2 unspecified atom stereocenters. The van der Waals surface area contributed by atoms with E-state index in [-0.39, 0.29) is 6.10 Å². The summed E-state index contributed by atoms with van der Waals surface area (Å²) in [5.74, 6) is 0. The number of rotatable bonds is 15. The van der Waals surface area contributed by atoms with Gasteiger partial charge in [-0.1, -0.05) is 71.1 Å². The smallest absolute Gasteiger partial charge is 0.301 e. The number of unbranched alkanes of at least 4 members (excludes halogenated alkanes) is 9. The predicted octanol–water partition coefficient (Wildman–Crippen LogP) is 5.38. The molecule has 1 N–H and O–H groups in total. The molecule has 0 radical (unpaired) electrons. The second kappa shape index (κ2) is 13.7. The van der Waals surface area contributed by atoms with Crippen LogP contribution in [0.25, 0.3) is 0 Å². The van der Waals surface area contributed by atoms with Gasteiger partial charge in [0.05, 0.1) is 6.10 Å². The van der Waals surface area contributed by atoms with E-state index in [2.05, 4.69) is 16.1 Å². The molecule has 0 bridgehead atoms. The van der Waals surface area contributed by atoms with Crippen molar-refractivity contribution in [3.05, 3.63) is 0 Å². The van der Waals surface area contributed by atoms with Crippen molar-refractivity contribution in [2.45, 2.75) is 90.6 Å². The summed E-state index contributed by atoms with van der Waals surface area (Å²) in [6.45, 7) is 4.06. The van der Waals surface area contributed by atoms with Crippen LogP contribution in [0.3, 0.4) is 0 Å². The normalized spacial score (nSPS) is 15.8. The van der Waals surface area contributed by atoms with Crippen LogP contribution in [-0.4, -0.2) is 18.1 Å². The first-order chi connectivity index (χ1) is 10.0. The van der Waals surface area contributed by atoms with Crippen molar-refractivity contribution in [2.24, 2.45) is 0 Å². The molecule has 0 aromatic rings. The number of phosphoric acid groups is 1. The molecule has 0 aromatic carbocycles. The first-order valence-corrected chi connectivity index (χ1v) is 9.75. The molecule has 0 heterocycles. The monoisotopic (exact) mass is 324 g/mol. The van der Waals surface area contributed by atoms with E-state index >= 15 is 0 Å². The van der Waals surface area contributed by atoms with E-state index < -0.39 is 7.82 Å². The third-order valence-electron chi connectivity index (χ3n) is 3.50. The van der Waals surface area contributed by atoms with Gasteiger partial charge in [0.2, 0.25) is 0 Å². The molecule has 0 fully saturated rings. The molecule has 0 saturated heterocycles. The zero-order valence-electron chi connectivity index (χ0n) is 13.9. The Labute approximate surface area is 129 Å². The molecule has 0 aliphatic carbocycles. The second-order valence-corrected chi connectivity index (χ2v) is 7.05. The minimum atomic E-state index is -4.02. The van der Waals surface area contributed by atoms with Crippen LogP contribution in [0.15, 0.2) is 0 Å². The molecule has 0 aliphatic heterocycles. The summed E-state index contributed by atoms with van der Waals surface area (Å²) in [5, 5.41) is 0. The van der Waals surface area contributed by atoms with Crippen molar-refractivity contribution < 1.29 is 23.5 Å². The Balaban J connectivity index is 3.29. The maximum Gasteiger partial charge on any atom is 0.499 e. The summed E-state index contributed by atoms with van der Waals surface area (Å²) in [7, 11) is -2.91. The van der Waals surface area contributed by atoms with Gasteiger partial charge >= 0.3 is 7.82 Å². The summed E-state index contributed by atoms with van der Waals surface area (Å²) in [6.07, 6.45) is 13.5. The van der Waals surface area contributed by atoms with Gasteiger partial charge in [-0.15, -0.1) is 4.67 Å². The van der Waals surface area contributed by atoms with Gasteiger partial charge in [-0.05, 0) is 13.3 Å². The van der Waals surface area contributed by atoms with Gasteiger partial charge in [-0.2, -0.15) is 0 Å². The minimum absolute atomic E-state index is 0.199. The lowest BCUT2D eigenvalue weighted by atomic mass is 10.1. The Morgan fingerprint density at radius 3 is 1.90 bits per heavy atom. The standard InChI is InChI=1S/C15H33O5P/c1-4-5-6-7-8-9-10-11-12-13-14-15(2)19-20-21(16,17)18-3/h15H,4-14H2,1-3H3,(H,16,17). The quantitative estimate of drug-likeness (QED) is 0.189. The lowest BCUT2D eigenvalue weighted by molar-refractivity contribution is -0.255. The Morgan fingerprint density at radius 1 is 0.952 bits per heavy atom. The maximum atomic E-state index is 11.0. The fourth-order valence-electron chi connectivity index (χ4n) is 2.13. The average molecular weight is 324 g/mol. The van der Waals surface area contributed by atoms with Gasteiger partial charge in [0.1, 0.15) is 0 Å². The van der Waals surface area contributed by atoms with Crippen LogP contribution < -0.4 is 0 Å². The lowest BCUT2D eigenvalue weighted by Gasteiger charge is -2.13. The van der Waals surface area contributed by atoms with Crippen molar-refractivity contribution in [3.8, 4) is 0 Å². The van der Waals surface area contributed by atoms with Gasteiger partial charge in [0.25, 0.3) is 0 Å². The molecule has 0 spiro atoms. The van der Waals surface area contributed by atoms with Crippen molar-refractivity contribution in [3.63, 3.8) is 0 Å². The summed E-state index contributed by atoms with van der Waals surface area (Å²) in [5.41, 5.74) is 0. The highest BCUT2D eigenvalue weighted by Crippen LogP contribution is 2.42. The molecule has 128 valence electrons. The summed E-state index contributed by atoms with van der Waals surface area (Å²) >= 11 is 0. The SMILES string of the molecule is CCCCCCCCCCCCC(C)OOP(=O)(O)OC. The number of hydrogen-bond donors (Lipinski definition) is 1. The van der Waals surface area contributed by atoms with Crippen LogP contribution in [0.5, 0.6) is 0 Å². The Morgan fingerprint density at radius 2 is 1.43 bits per heavy atom. The highest BCUT2D eigenvalue weighted by atomic mass is 31.2. The van der Waals surface area contributed by atoms with Crippen LogP contribution in [0.1, 0.15) is 84.5 Å². The summed E-state index contributed by atoms with van der Waals surface area (Å²) < 4.78 is 19.6. The first kappa shape index (κ1) is 21.1. The molecule has 21 heavy (non-hydrogen) atoms. The van der Waals surface area contributed by atoms with Crippen LogP contribution in [0.4, 0.5) is 0 Å². The van der Waals surface area contributed by atoms with Crippen molar-refractivity contribution in [1.82, 2.24) is 0 Å². The van der Waals surface area contributed by atoms with Gasteiger partial charge in [0, 0.05) is 7.11 Å². The van der Waals surface area contributed by atoms with Gasteiger partial charge in [0.15, 0.2) is 0 Å². The van der Waals surface area contributed by atoms with Crippen molar-refractivity contribution in [1.29, 1.82) is 0 Å². The van der Waals surface area contributed by atoms with Crippen molar-refractivity contribution >= 4 is 7.82 Å². The molecule has 5 nitrogen and oxygen atoms in total. The topological polar surface area (TPSA) is 65.0 Å². The molecule has 0 aliphatic rings. The summed E-state index contributed by atoms with van der Waals surface area (Å²) in [4.78, 5) is 13.8. The van der Waals surface area contributed by atoms with Gasteiger partial charge in [-0.3, -0.25) is 4.52 Å². The maximum absolute atomic E-state index is 11.0. The van der Waals surface area contributed by atoms with Crippen LogP contribution in [0.2, 0.25) is 0 Å². The van der Waals surface area contributed by atoms with E-state index in [1.54, 1.807) is 0 Å². The van der Waals surface area contributed by atoms with Crippen molar-refractivity contribution in [2.75, 3.05) is 7.11 Å². The summed E-state index contributed by atoms with van der Waals surface area (Å²) in [6, 6.07) is 0. The zero-order chi connectivity index (χ0) is 16.0. The van der Waals surface area contributed by atoms with Crippen LogP contribution in [-0.2, 0) is 18.7 Å². The Bertz CT molecular complexity index is 273. The van der Waals surface area contributed by atoms with E-state index in [1.807, 2.05) is 6.92 Å². The molecule has 2 atom stereocenters. The van der Waals surface area contributed by atoms with E-state index in [0.717, 1.165) is 20.0 Å². The highest BCUT2D eigenvalue weighted by Gasteiger charge is 2.21. The molecule has 0 rings (SSSR count). The number of hydrogen-bond acceptors (Lipinski definition) is 4. The fraction of sp³-hybridized carbons (Fsp3) is 1.00. The minimum Gasteiger partial charge on any atom is -0.301 e. The van der Waals surface area contributed by atoms with Crippen LogP contribution in [0, 0.1) is 0 Å². The lowest BCUT2D eigenvalue weighted by Crippen LogP contribution is -2.08. The predicted molar refractivity (Wildman–Crippen MR) is 84.9 cm³/mol. The zero-order valence-corrected chi connectivity index (χ0v) is 14.8. The van der Waals surface area contributed by atoms with Gasteiger partial charge in [-0.25, -0.2) is 9.45 Å². The first-order valence-electron chi connectivity index (χ1n) is 8.25. The molecule has 6 heteroatoms. The van der Waals surface area contributed by atoms with Crippen LogP contribution >= 0.6 is 7.82 Å². The third-order valence-corrected chi connectivity index (χ3v) is 4.23. The largest absolute Gasteiger partial charge is 0.499 e. The molecular formula is C15H33O5P. The highest BCUT2D eigenvalue weighted by molar-refractivity contribution is 7.47. The molecule has 0 amide bonds. The van der Waals surface area contributed by atoms with Gasteiger partial charge < -0.3 is 4.89 Å². The second-order valence-electron chi connectivity index (χ2n) is 5.60. The fourth-order valence-corrected chi connectivity index (χ4v) is 2.44. The molecule has 0 aromatic heterocycles. The Hall–Kier alpha value is 0.0700. The molecular weight excluding hydrogens is 291 g/mol. The van der Waals surface area contributed by atoms with E-state index in [0.29, 0.717) is 0 Å². The van der Waals surface area contributed by atoms with E-state index in [1.165, 1.54) is 57.8 Å². The third kappa shape index (κ3) is 14.8. The molecule has 0 saturated carbocycles. The van der Waals surface area contributed by atoms with E-state index in [9.17, 15) is 4.57 Å².